The maximum atomic E-state index is 10.2. The summed E-state index contributed by atoms with van der Waals surface area (Å²) in [5.74, 6) is 1.24. The molecule has 1 aromatic carbocycles. The number of rotatable bonds is 6. The molecule has 5 heteroatoms. The predicted octanol–water partition coefficient (Wildman–Crippen LogP) is 2.11. The van der Waals surface area contributed by atoms with E-state index in [0.717, 1.165) is 11.3 Å². The van der Waals surface area contributed by atoms with Crippen LogP contribution in [-0.4, -0.2) is 30.2 Å². The average molecular weight is 244 g/mol. The molecule has 1 rings (SSSR count). The first-order valence-corrected chi connectivity index (χ1v) is 5.50. The van der Waals surface area contributed by atoms with Crippen molar-refractivity contribution in [3.8, 4) is 5.75 Å². The quantitative estimate of drug-likeness (QED) is 0.753. The second-order valence-corrected chi connectivity index (χ2v) is 3.54. The van der Waals surface area contributed by atoms with E-state index < -0.39 is 6.09 Å². The second kappa shape index (κ2) is 6.95. The van der Waals surface area contributed by atoms with Crippen molar-refractivity contribution in [2.45, 2.75) is 6.42 Å². The lowest BCUT2D eigenvalue weighted by molar-refractivity contribution is 0.194. The number of nitrogens with one attached hydrogen (secondary N) is 1. The molecule has 0 bridgehead atoms. The molecule has 0 atom stereocenters. The van der Waals surface area contributed by atoms with Gasteiger partial charge in [-0.1, -0.05) is 12.1 Å². The fourth-order valence-electron chi connectivity index (χ4n) is 1.22. The van der Waals surface area contributed by atoms with Crippen molar-refractivity contribution < 1.29 is 14.6 Å². The summed E-state index contributed by atoms with van der Waals surface area (Å²) >= 11 is 5.49. The standard InChI is InChI=1S/C11H14ClNO3/c12-6-8-16-10-3-1-9(2-4-10)5-7-13-11(14)15/h1-4,13H,5-8H2,(H,14,15). The number of carboxylic acid groups (broad SMARTS) is 1. The molecule has 0 radical (unpaired) electrons. The third-order valence-electron chi connectivity index (χ3n) is 1.96. The molecule has 0 saturated heterocycles. The molecule has 1 amide bonds. The van der Waals surface area contributed by atoms with Gasteiger partial charge in [-0.15, -0.1) is 11.6 Å². The number of carbonyl (C=O) groups is 1. The molecular weight excluding hydrogens is 230 g/mol. The van der Waals surface area contributed by atoms with Crippen LogP contribution in [0.5, 0.6) is 5.75 Å². The number of alkyl halides is 1. The first-order valence-electron chi connectivity index (χ1n) is 4.97. The first-order chi connectivity index (χ1) is 7.72. The molecule has 0 aliphatic carbocycles. The molecule has 0 heterocycles. The lowest BCUT2D eigenvalue weighted by atomic mass is 10.1. The molecule has 0 aromatic heterocycles. The van der Waals surface area contributed by atoms with Crippen LogP contribution in [0.3, 0.4) is 0 Å². The van der Waals surface area contributed by atoms with Crippen LogP contribution >= 0.6 is 11.6 Å². The van der Waals surface area contributed by atoms with E-state index >= 15 is 0 Å². The Morgan fingerprint density at radius 2 is 2.06 bits per heavy atom. The Bertz CT molecular complexity index is 327. The van der Waals surface area contributed by atoms with Crippen LogP contribution in [0.2, 0.25) is 0 Å². The monoisotopic (exact) mass is 243 g/mol. The fourth-order valence-corrected chi connectivity index (χ4v) is 1.30. The minimum absolute atomic E-state index is 0.414. The second-order valence-electron chi connectivity index (χ2n) is 3.16. The lowest BCUT2D eigenvalue weighted by Crippen LogP contribution is -2.23. The van der Waals surface area contributed by atoms with E-state index in [4.69, 9.17) is 21.4 Å². The summed E-state index contributed by atoms with van der Waals surface area (Å²) in [6.07, 6.45) is -0.329. The minimum Gasteiger partial charge on any atom is -0.492 e. The summed E-state index contributed by atoms with van der Waals surface area (Å²) < 4.78 is 5.31. The Kier molecular flexibility index (Phi) is 5.50. The van der Waals surface area contributed by atoms with Gasteiger partial charge >= 0.3 is 6.09 Å². The molecular formula is C11H14ClNO3. The van der Waals surface area contributed by atoms with Gasteiger partial charge in [0.1, 0.15) is 12.4 Å². The van der Waals surface area contributed by atoms with Gasteiger partial charge in [-0.25, -0.2) is 4.79 Å². The van der Waals surface area contributed by atoms with Gasteiger partial charge in [0.2, 0.25) is 0 Å². The van der Waals surface area contributed by atoms with Crippen LogP contribution in [0.25, 0.3) is 0 Å². The Labute approximate surface area is 99.2 Å². The summed E-state index contributed by atoms with van der Waals surface area (Å²) in [4.78, 5) is 10.2. The van der Waals surface area contributed by atoms with E-state index in [1.54, 1.807) is 0 Å². The number of hydrogen-bond acceptors (Lipinski definition) is 2. The summed E-state index contributed by atoms with van der Waals surface area (Å²) in [7, 11) is 0. The van der Waals surface area contributed by atoms with Crippen molar-refractivity contribution in [2.24, 2.45) is 0 Å². The first kappa shape index (κ1) is 12.6. The number of benzene rings is 1. The number of halogens is 1. The summed E-state index contributed by atoms with van der Waals surface area (Å²) in [6.45, 7) is 0.901. The van der Waals surface area contributed by atoms with Gasteiger partial charge < -0.3 is 15.2 Å². The van der Waals surface area contributed by atoms with Crippen LogP contribution in [0.15, 0.2) is 24.3 Å². The molecule has 0 saturated carbocycles. The highest BCUT2D eigenvalue weighted by Gasteiger charge is 1.97. The fraction of sp³-hybridized carbons (Fsp3) is 0.364. The van der Waals surface area contributed by atoms with Crippen LogP contribution in [0.4, 0.5) is 4.79 Å². The van der Waals surface area contributed by atoms with E-state index in [-0.39, 0.29) is 0 Å². The molecule has 0 fully saturated rings. The average Bonchev–Trinajstić information content (AvgIpc) is 2.27. The molecule has 2 N–H and O–H groups in total. The Hall–Kier alpha value is -1.42. The van der Waals surface area contributed by atoms with Crippen molar-refractivity contribution in [3.05, 3.63) is 29.8 Å². The Morgan fingerprint density at radius 3 is 2.62 bits per heavy atom. The van der Waals surface area contributed by atoms with Crippen molar-refractivity contribution in [1.29, 1.82) is 0 Å². The highest BCUT2D eigenvalue weighted by molar-refractivity contribution is 6.17. The largest absolute Gasteiger partial charge is 0.492 e. The van der Waals surface area contributed by atoms with Gasteiger partial charge in [-0.3, -0.25) is 0 Å². The molecule has 0 aliphatic heterocycles. The normalized spacial score (nSPS) is 9.81. The molecule has 4 nitrogen and oxygen atoms in total. The van der Waals surface area contributed by atoms with Crippen molar-refractivity contribution >= 4 is 17.7 Å². The minimum atomic E-state index is -0.998. The maximum Gasteiger partial charge on any atom is 0.404 e. The predicted molar refractivity (Wildman–Crippen MR) is 62.4 cm³/mol. The van der Waals surface area contributed by atoms with Gasteiger partial charge in [0, 0.05) is 6.54 Å². The van der Waals surface area contributed by atoms with E-state index in [1.165, 1.54) is 0 Å². The summed E-state index contributed by atoms with van der Waals surface area (Å²) in [6, 6.07) is 7.52. The van der Waals surface area contributed by atoms with Gasteiger partial charge in [-0.2, -0.15) is 0 Å². The zero-order valence-electron chi connectivity index (χ0n) is 8.78. The van der Waals surface area contributed by atoms with Gasteiger partial charge in [0.05, 0.1) is 5.88 Å². The van der Waals surface area contributed by atoms with Crippen molar-refractivity contribution in [3.63, 3.8) is 0 Å². The smallest absolute Gasteiger partial charge is 0.404 e. The number of ether oxygens (including phenoxy) is 1. The molecule has 88 valence electrons. The third kappa shape index (κ3) is 4.89. The molecule has 0 unspecified atom stereocenters. The number of amides is 1. The van der Waals surface area contributed by atoms with Gasteiger partial charge in [0.25, 0.3) is 0 Å². The van der Waals surface area contributed by atoms with Crippen molar-refractivity contribution in [2.75, 3.05) is 19.0 Å². The van der Waals surface area contributed by atoms with E-state index in [9.17, 15) is 4.79 Å². The van der Waals surface area contributed by atoms with Gasteiger partial charge in [0.15, 0.2) is 0 Å². The SMILES string of the molecule is O=C(O)NCCc1ccc(OCCCl)cc1. The van der Waals surface area contributed by atoms with E-state index in [0.29, 0.717) is 25.5 Å². The Morgan fingerprint density at radius 1 is 1.38 bits per heavy atom. The summed E-state index contributed by atoms with van der Waals surface area (Å²) in [5.41, 5.74) is 1.06. The highest BCUT2D eigenvalue weighted by atomic mass is 35.5. The summed E-state index contributed by atoms with van der Waals surface area (Å²) in [5, 5.41) is 10.7. The van der Waals surface area contributed by atoms with Crippen LogP contribution < -0.4 is 10.1 Å². The molecule has 16 heavy (non-hydrogen) atoms. The van der Waals surface area contributed by atoms with Gasteiger partial charge in [-0.05, 0) is 24.1 Å². The van der Waals surface area contributed by atoms with Crippen molar-refractivity contribution in [1.82, 2.24) is 5.32 Å². The molecule has 1 aromatic rings. The zero-order valence-corrected chi connectivity index (χ0v) is 9.54. The molecule has 0 aliphatic rings. The van der Waals surface area contributed by atoms with Crippen LogP contribution in [0, 0.1) is 0 Å². The lowest BCUT2D eigenvalue weighted by Gasteiger charge is -2.05. The maximum absolute atomic E-state index is 10.2. The molecule has 0 spiro atoms. The highest BCUT2D eigenvalue weighted by Crippen LogP contribution is 2.12. The Balaban J connectivity index is 2.36. The third-order valence-corrected chi connectivity index (χ3v) is 2.11. The number of hydrogen-bond donors (Lipinski definition) is 2. The zero-order chi connectivity index (χ0) is 11.8. The van der Waals surface area contributed by atoms with E-state index in [1.807, 2.05) is 24.3 Å². The van der Waals surface area contributed by atoms with E-state index in [2.05, 4.69) is 5.32 Å². The van der Waals surface area contributed by atoms with Crippen LogP contribution in [0.1, 0.15) is 5.56 Å². The van der Waals surface area contributed by atoms with Crippen LogP contribution in [-0.2, 0) is 6.42 Å². The topological polar surface area (TPSA) is 58.6 Å².